The van der Waals surface area contributed by atoms with Gasteiger partial charge in [0.2, 0.25) is 0 Å². The number of aryl methyl sites for hydroxylation is 1. The van der Waals surface area contributed by atoms with E-state index in [1.165, 1.54) is 30.3 Å². The Kier molecular flexibility index (Phi) is 3.90. The zero-order valence-corrected chi connectivity index (χ0v) is 11.1. The van der Waals surface area contributed by atoms with Gasteiger partial charge in [0.05, 0.1) is 4.92 Å². The van der Waals surface area contributed by atoms with E-state index in [-0.39, 0.29) is 16.7 Å². The molecule has 8 heteroatoms. The van der Waals surface area contributed by atoms with Crippen LogP contribution in [-0.2, 0) is 0 Å². The Labute approximate surface area is 118 Å². The van der Waals surface area contributed by atoms with Crippen molar-refractivity contribution in [2.45, 2.75) is 6.92 Å². The Bertz CT molecular complexity index is 673. The highest BCUT2D eigenvalue weighted by Crippen LogP contribution is 2.19. The van der Waals surface area contributed by atoms with E-state index in [0.717, 1.165) is 0 Å². The van der Waals surface area contributed by atoms with Crippen LogP contribution in [0.4, 0.5) is 11.5 Å². The summed E-state index contributed by atoms with van der Waals surface area (Å²) in [6, 6.07) is 7.11. The SMILES string of the molecule is Cc1cc(C(=O)Nc2ccc(Cl)nn2)ccc1[N+](=O)[O-]. The van der Waals surface area contributed by atoms with Crippen molar-refractivity contribution in [1.29, 1.82) is 0 Å². The third kappa shape index (κ3) is 3.07. The highest BCUT2D eigenvalue weighted by Gasteiger charge is 2.14. The van der Waals surface area contributed by atoms with Crippen LogP contribution < -0.4 is 5.32 Å². The molecule has 0 fully saturated rings. The second-order valence-electron chi connectivity index (χ2n) is 3.95. The Morgan fingerprint density at radius 2 is 2.05 bits per heavy atom. The van der Waals surface area contributed by atoms with Gasteiger partial charge in [-0.1, -0.05) is 11.6 Å². The number of hydrogen-bond donors (Lipinski definition) is 1. The maximum absolute atomic E-state index is 12.0. The molecule has 0 bridgehead atoms. The first-order valence-electron chi connectivity index (χ1n) is 5.53. The summed E-state index contributed by atoms with van der Waals surface area (Å²) < 4.78 is 0. The molecular formula is C12H9ClN4O3. The molecule has 0 spiro atoms. The van der Waals surface area contributed by atoms with Crippen LogP contribution in [0.15, 0.2) is 30.3 Å². The number of aromatic nitrogens is 2. The van der Waals surface area contributed by atoms with Crippen molar-refractivity contribution in [3.05, 3.63) is 56.7 Å². The van der Waals surface area contributed by atoms with Gasteiger partial charge in [-0.3, -0.25) is 14.9 Å². The second-order valence-corrected chi connectivity index (χ2v) is 4.34. The molecule has 1 amide bonds. The number of halogens is 1. The fraction of sp³-hybridized carbons (Fsp3) is 0.0833. The predicted octanol–water partition coefficient (Wildman–Crippen LogP) is 2.60. The molecule has 0 saturated heterocycles. The van der Waals surface area contributed by atoms with E-state index in [2.05, 4.69) is 15.5 Å². The number of nitro groups is 1. The Balaban J connectivity index is 2.19. The largest absolute Gasteiger partial charge is 0.305 e. The number of carbonyl (C=O) groups excluding carboxylic acids is 1. The van der Waals surface area contributed by atoms with Crippen molar-refractivity contribution in [3.63, 3.8) is 0 Å². The van der Waals surface area contributed by atoms with Crippen LogP contribution in [0.25, 0.3) is 0 Å². The number of benzene rings is 1. The lowest BCUT2D eigenvalue weighted by molar-refractivity contribution is -0.385. The van der Waals surface area contributed by atoms with Gasteiger partial charge in [-0.15, -0.1) is 10.2 Å². The number of carbonyl (C=O) groups is 1. The van der Waals surface area contributed by atoms with Gasteiger partial charge in [-0.25, -0.2) is 0 Å². The predicted molar refractivity (Wildman–Crippen MR) is 72.8 cm³/mol. The van der Waals surface area contributed by atoms with Crippen LogP contribution >= 0.6 is 11.6 Å². The standard InChI is InChI=1S/C12H9ClN4O3/c1-7-6-8(2-3-9(7)17(19)20)12(18)14-11-5-4-10(13)15-16-11/h2-6H,1H3,(H,14,16,18). The summed E-state index contributed by atoms with van der Waals surface area (Å²) in [5.74, 6) is -0.185. The molecule has 0 saturated carbocycles. The van der Waals surface area contributed by atoms with E-state index in [9.17, 15) is 14.9 Å². The highest BCUT2D eigenvalue weighted by atomic mass is 35.5. The first kappa shape index (κ1) is 13.9. The minimum absolute atomic E-state index is 0.0344. The van der Waals surface area contributed by atoms with Gasteiger partial charge in [-0.05, 0) is 31.2 Å². The normalized spacial score (nSPS) is 10.1. The molecule has 7 nitrogen and oxygen atoms in total. The third-order valence-corrected chi connectivity index (χ3v) is 2.73. The quantitative estimate of drug-likeness (QED) is 0.692. The summed E-state index contributed by atoms with van der Waals surface area (Å²) >= 11 is 5.58. The minimum Gasteiger partial charge on any atom is -0.305 e. The summed E-state index contributed by atoms with van der Waals surface area (Å²) in [6.07, 6.45) is 0. The van der Waals surface area contributed by atoms with E-state index >= 15 is 0 Å². The zero-order chi connectivity index (χ0) is 14.7. The molecule has 2 aromatic rings. The highest BCUT2D eigenvalue weighted by molar-refractivity contribution is 6.29. The molecule has 0 radical (unpaired) electrons. The summed E-state index contributed by atoms with van der Waals surface area (Å²) in [5, 5.41) is 20.7. The topological polar surface area (TPSA) is 98.0 Å². The van der Waals surface area contributed by atoms with Gasteiger partial charge < -0.3 is 5.32 Å². The first-order valence-corrected chi connectivity index (χ1v) is 5.91. The monoisotopic (exact) mass is 292 g/mol. The average molecular weight is 293 g/mol. The minimum atomic E-state index is -0.498. The number of rotatable bonds is 3. The first-order chi connectivity index (χ1) is 9.47. The van der Waals surface area contributed by atoms with Crippen molar-refractivity contribution in [1.82, 2.24) is 10.2 Å². The number of hydrogen-bond acceptors (Lipinski definition) is 5. The molecule has 1 aromatic heterocycles. The van der Waals surface area contributed by atoms with Crippen LogP contribution in [0, 0.1) is 17.0 Å². The average Bonchev–Trinajstić information content (AvgIpc) is 2.40. The molecule has 0 aliphatic heterocycles. The van der Waals surface area contributed by atoms with Gasteiger partial charge >= 0.3 is 0 Å². The van der Waals surface area contributed by atoms with Crippen LogP contribution in [0.3, 0.4) is 0 Å². The lowest BCUT2D eigenvalue weighted by Gasteiger charge is -2.05. The number of amides is 1. The third-order valence-electron chi connectivity index (χ3n) is 2.53. The molecule has 0 atom stereocenters. The fourth-order valence-electron chi connectivity index (χ4n) is 1.57. The van der Waals surface area contributed by atoms with Crippen molar-refractivity contribution in [2.24, 2.45) is 0 Å². The van der Waals surface area contributed by atoms with E-state index in [1.54, 1.807) is 6.92 Å². The molecule has 1 heterocycles. The Hall–Kier alpha value is -2.54. The van der Waals surface area contributed by atoms with Gasteiger partial charge in [0.1, 0.15) is 0 Å². The van der Waals surface area contributed by atoms with Crippen molar-refractivity contribution >= 4 is 29.0 Å². The number of nitro benzene ring substituents is 1. The molecule has 1 N–H and O–H groups in total. The van der Waals surface area contributed by atoms with Crippen molar-refractivity contribution < 1.29 is 9.72 Å². The van der Waals surface area contributed by atoms with Crippen LogP contribution in [0.2, 0.25) is 5.15 Å². The van der Waals surface area contributed by atoms with Crippen LogP contribution in [0.1, 0.15) is 15.9 Å². The van der Waals surface area contributed by atoms with E-state index in [0.29, 0.717) is 11.1 Å². The van der Waals surface area contributed by atoms with E-state index < -0.39 is 10.8 Å². The fourth-order valence-corrected chi connectivity index (χ4v) is 1.67. The molecule has 1 aromatic carbocycles. The number of anilines is 1. The van der Waals surface area contributed by atoms with Gasteiger partial charge in [0.25, 0.3) is 11.6 Å². The van der Waals surface area contributed by atoms with Crippen LogP contribution in [0.5, 0.6) is 0 Å². The molecule has 2 rings (SSSR count). The smallest absolute Gasteiger partial charge is 0.272 e. The summed E-state index contributed by atoms with van der Waals surface area (Å²) in [4.78, 5) is 22.2. The van der Waals surface area contributed by atoms with E-state index in [4.69, 9.17) is 11.6 Å². The summed E-state index contributed by atoms with van der Waals surface area (Å²) in [7, 11) is 0. The molecule has 102 valence electrons. The number of nitrogens with one attached hydrogen (secondary N) is 1. The maximum atomic E-state index is 12.0. The van der Waals surface area contributed by atoms with Crippen LogP contribution in [-0.4, -0.2) is 21.0 Å². The van der Waals surface area contributed by atoms with E-state index in [1.807, 2.05) is 0 Å². The van der Waals surface area contributed by atoms with Gasteiger partial charge in [0.15, 0.2) is 11.0 Å². The summed E-state index contributed by atoms with van der Waals surface area (Å²) in [5.41, 5.74) is 0.669. The molecule has 20 heavy (non-hydrogen) atoms. The molecule has 0 aliphatic rings. The Morgan fingerprint density at radius 1 is 1.30 bits per heavy atom. The zero-order valence-electron chi connectivity index (χ0n) is 10.3. The lowest BCUT2D eigenvalue weighted by Crippen LogP contribution is -2.13. The summed E-state index contributed by atoms with van der Waals surface area (Å²) in [6.45, 7) is 1.57. The maximum Gasteiger partial charge on any atom is 0.272 e. The Morgan fingerprint density at radius 3 is 2.60 bits per heavy atom. The molecule has 0 aliphatic carbocycles. The molecular weight excluding hydrogens is 284 g/mol. The second kappa shape index (κ2) is 5.62. The number of nitrogens with zero attached hydrogens (tertiary/aromatic N) is 3. The van der Waals surface area contributed by atoms with Crippen molar-refractivity contribution in [2.75, 3.05) is 5.32 Å². The van der Waals surface area contributed by atoms with Gasteiger partial charge in [0, 0.05) is 17.2 Å². The molecule has 0 unspecified atom stereocenters. The lowest BCUT2D eigenvalue weighted by atomic mass is 10.1. The van der Waals surface area contributed by atoms with Gasteiger partial charge in [-0.2, -0.15) is 0 Å². The van der Waals surface area contributed by atoms with Crippen molar-refractivity contribution in [3.8, 4) is 0 Å².